The molecule has 0 heterocycles. The lowest BCUT2D eigenvalue weighted by molar-refractivity contribution is 0.293. The van der Waals surface area contributed by atoms with Gasteiger partial charge in [0, 0.05) is 19.6 Å². The van der Waals surface area contributed by atoms with Gasteiger partial charge in [-0.3, -0.25) is 4.18 Å². The van der Waals surface area contributed by atoms with Crippen LogP contribution in [0.5, 0.6) is 0 Å². The molecule has 0 unspecified atom stereocenters. The van der Waals surface area contributed by atoms with Gasteiger partial charge in [0.05, 0.1) is 18.1 Å². The summed E-state index contributed by atoms with van der Waals surface area (Å²) in [7, 11) is -3.57. The van der Waals surface area contributed by atoms with Crippen molar-refractivity contribution in [3.8, 4) is 0 Å². The Bertz CT molecular complexity index is 549. The van der Waals surface area contributed by atoms with Crippen molar-refractivity contribution in [2.24, 2.45) is 5.73 Å². The van der Waals surface area contributed by atoms with E-state index in [1.54, 1.807) is 30.3 Å². The van der Waals surface area contributed by atoms with Crippen LogP contribution in [0.4, 0.5) is 0 Å². The maximum absolute atomic E-state index is 11.9. The zero-order chi connectivity index (χ0) is 21.6. The Hall–Kier alpha value is -0.990. The first-order chi connectivity index (χ1) is 14.1. The van der Waals surface area contributed by atoms with Gasteiger partial charge in [0.2, 0.25) is 0 Å². The highest BCUT2D eigenvalue weighted by molar-refractivity contribution is 7.86. The third-order valence-corrected chi connectivity index (χ3v) is 5.70. The Kier molecular flexibility index (Phi) is 19.6. The zero-order valence-electron chi connectivity index (χ0n) is 18.2. The molecule has 7 heteroatoms. The van der Waals surface area contributed by atoms with Crippen LogP contribution in [0.1, 0.15) is 71.1 Å². The summed E-state index contributed by atoms with van der Waals surface area (Å²) in [5, 5.41) is 11.1. The highest BCUT2D eigenvalue weighted by atomic mass is 32.2. The summed E-state index contributed by atoms with van der Waals surface area (Å²) in [4.78, 5) is 0.238. The van der Waals surface area contributed by atoms with Crippen LogP contribution in [0.3, 0.4) is 0 Å². The van der Waals surface area contributed by atoms with Crippen molar-refractivity contribution < 1.29 is 17.7 Å². The molecule has 0 atom stereocenters. The van der Waals surface area contributed by atoms with Crippen LogP contribution < -0.4 is 11.1 Å². The summed E-state index contributed by atoms with van der Waals surface area (Å²) in [5.74, 6) is 0. The average Bonchev–Trinajstić information content (AvgIpc) is 2.73. The molecular weight excluding hydrogens is 388 g/mol. The van der Waals surface area contributed by atoms with Gasteiger partial charge in [-0.1, -0.05) is 82.9 Å². The van der Waals surface area contributed by atoms with Crippen LogP contribution in [-0.4, -0.2) is 46.4 Å². The highest BCUT2D eigenvalue weighted by Crippen LogP contribution is 2.13. The Balaban J connectivity index is 0.000000956. The molecule has 6 nitrogen and oxygen atoms in total. The van der Waals surface area contributed by atoms with E-state index >= 15 is 0 Å². The van der Waals surface area contributed by atoms with Crippen LogP contribution >= 0.6 is 0 Å². The molecule has 1 aromatic carbocycles. The van der Waals surface area contributed by atoms with Crippen LogP contribution in [-0.2, 0) is 14.3 Å². The van der Waals surface area contributed by atoms with Gasteiger partial charge in [-0.2, -0.15) is 8.42 Å². The van der Waals surface area contributed by atoms with Gasteiger partial charge in [-0.15, -0.1) is 0 Å². The quantitative estimate of drug-likeness (QED) is 0.256. The van der Waals surface area contributed by atoms with Crippen molar-refractivity contribution in [2.75, 3.05) is 32.8 Å². The van der Waals surface area contributed by atoms with Crippen molar-refractivity contribution in [1.82, 2.24) is 5.32 Å². The van der Waals surface area contributed by atoms with E-state index < -0.39 is 10.1 Å². The van der Waals surface area contributed by atoms with Crippen molar-refractivity contribution >= 4 is 10.1 Å². The minimum Gasteiger partial charge on any atom is -0.395 e. The summed E-state index contributed by atoms with van der Waals surface area (Å²) >= 11 is 0. The van der Waals surface area contributed by atoms with Crippen LogP contribution in [0.25, 0.3) is 0 Å². The Morgan fingerprint density at radius 3 is 1.97 bits per heavy atom. The zero-order valence-corrected chi connectivity index (χ0v) is 19.0. The number of aliphatic hydroxyl groups excluding tert-OH is 1. The van der Waals surface area contributed by atoms with Crippen LogP contribution in [0, 0.1) is 0 Å². The molecule has 0 spiro atoms. The third-order valence-electron chi connectivity index (χ3n) is 4.38. The van der Waals surface area contributed by atoms with E-state index in [-0.39, 0.29) is 18.1 Å². The summed E-state index contributed by atoms with van der Waals surface area (Å²) < 4.78 is 28.8. The number of unbranched alkanes of at least 4 members (excludes halogenated alkanes) is 9. The average molecular weight is 431 g/mol. The number of nitrogens with one attached hydrogen (secondary N) is 1. The first kappa shape index (κ1) is 28.0. The molecule has 0 saturated heterocycles. The van der Waals surface area contributed by atoms with Crippen molar-refractivity contribution in [3.63, 3.8) is 0 Å². The molecular formula is C22H42N2O4S. The second-order valence-corrected chi connectivity index (χ2v) is 8.65. The van der Waals surface area contributed by atoms with E-state index in [2.05, 4.69) is 12.2 Å². The smallest absolute Gasteiger partial charge is 0.296 e. The highest BCUT2D eigenvalue weighted by Gasteiger charge is 2.13. The maximum atomic E-state index is 11.9. The molecule has 4 N–H and O–H groups in total. The lowest BCUT2D eigenvalue weighted by atomic mass is 10.1. The molecule has 0 aromatic heterocycles. The maximum Gasteiger partial charge on any atom is 0.296 e. The van der Waals surface area contributed by atoms with E-state index in [0.717, 1.165) is 19.4 Å². The largest absolute Gasteiger partial charge is 0.395 e. The Morgan fingerprint density at radius 1 is 0.897 bits per heavy atom. The summed E-state index contributed by atoms with van der Waals surface area (Å²) in [6.07, 6.45) is 12.3. The van der Waals surface area contributed by atoms with Crippen molar-refractivity contribution in [2.45, 2.75) is 76.0 Å². The van der Waals surface area contributed by atoms with Crippen molar-refractivity contribution in [3.05, 3.63) is 30.3 Å². The van der Waals surface area contributed by atoms with Gasteiger partial charge < -0.3 is 16.2 Å². The minimum absolute atomic E-state index is 0.194. The number of nitrogens with two attached hydrogens (primary N) is 1. The van der Waals surface area contributed by atoms with Gasteiger partial charge >= 0.3 is 0 Å². The molecule has 0 aliphatic rings. The number of rotatable bonds is 17. The van der Waals surface area contributed by atoms with Crippen molar-refractivity contribution in [1.29, 1.82) is 0 Å². The fourth-order valence-electron chi connectivity index (χ4n) is 2.72. The lowest BCUT2D eigenvalue weighted by Gasteiger charge is -2.05. The van der Waals surface area contributed by atoms with Gasteiger partial charge in [0.25, 0.3) is 10.1 Å². The molecule has 0 bridgehead atoms. The topological polar surface area (TPSA) is 102 Å². The minimum atomic E-state index is -3.57. The molecule has 29 heavy (non-hydrogen) atoms. The number of hydrogen-bond donors (Lipinski definition) is 3. The van der Waals surface area contributed by atoms with Gasteiger partial charge in [-0.05, 0) is 18.6 Å². The van der Waals surface area contributed by atoms with Crippen LogP contribution in [0.15, 0.2) is 35.2 Å². The second kappa shape index (κ2) is 20.3. The summed E-state index contributed by atoms with van der Waals surface area (Å²) in [6.45, 7) is 4.80. The standard InChI is InChI=1S/C18H30O3S.C4H12N2O/c1-2-3-4-5-6-7-8-9-10-14-17-21-22(19,20)18-15-12-11-13-16-18;5-1-2-6-3-4-7/h11-13,15-16H,2-10,14,17H2,1H3;6-7H,1-5H2. The van der Waals surface area contributed by atoms with Gasteiger partial charge in [-0.25, -0.2) is 0 Å². The Labute approximate surface area is 178 Å². The lowest BCUT2D eigenvalue weighted by Crippen LogP contribution is -2.24. The molecule has 0 saturated carbocycles. The second-order valence-electron chi connectivity index (χ2n) is 7.03. The third kappa shape index (κ3) is 17.6. The fourth-order valence-corrected chi connectivity index (χ4v) is 3.68. The number of aliphatic hydroxyl groups is 1. The monoisotopic (exact) mass is 430 g/mol. The molecule has 170 valence electrons. The molecule has 0 aliphatic carbocycles. The van der Waals surface area contributed by atoms with Gasteiger partial charge in [0.1, 0.15) is 0 Å². The fraction of sp³-hybridized carbons (Fsp3) is 0.727. The first-order valence-electron chi connectivity index (χ1n) is 11.0. The summed E-state index contributed by atoms with van der Waals surface area (Å²) in [5.41, 5.74) is 5.13. The molecule has 0 aliphatic heterocycles. The molecule has 0 amide bonds. The number of hydrogen-bond acceptors (Lipinski definition) is 6. The normalized spacial score (nSPS) is 11.1. The molecule has 1 rings (SSSR count). The molecule has 1 aromatic rings. The van der Waals surface area contributed by atoms with E-state index in [1.807, 2.05) is 0 Å². The molecule has 0 radical (unpaired) electrons. The number of benzene rings is 1. The van der Waals surface area contributed by atoms with E-state index in [9.17, 15) is 8.42 Å². The summed E-state index contributed by atoms with van der Waals surface area (Å²) in [6, 6.07) is 8.33. The Morgan fingerprint density at radius 2 is 1.45 bits per heavy atom. The van der Waals surface area contributed by atoms with E-state index in [1.165, 1.54) is 51.4 Å². The first-order valence-corrected chi connectivity index (χ1v) is 12.5. The predicted octanol–water partition coefficient (Wildman–Crippen LogP) is 3.84. The SMILES string of the molecule is CCCCCCCCCCCCOS(=O)(=O)c1ccccc1.NCCNCCO. The van der Waals surface area contributed by atoms with E-state index in [0.29, 0.717) is 13.1 Å². The van der Waals surface area contributed by atoms with Gasteiger partial charge in [0.15, 0.2) is 0 Å². The predicted molar refractivity (Wildman–Crippen MR) is 120 cm³/mol. The molecule has 0 fully saturated rings. The van der Waals surface area contributed by atoms with Crippen LogP contribution in [0.2, 0.25) is 0 Å². The van der Waals surface area contributed by atoms with E-state index in [4.69, 9.17) is 15.0 Å².